The second-order valence-electron chi connectivity index (χ2n) is 4.68. The molecule has 2 aromatic carbocycles. The highest BCUT2D eigenvalue weighted by Crippen LogP contribution is 2.21. The van der Waals surface area contributed by atoms with Crippen LogP contribution in [0.1, 0.15) is 5.56 Å². The largest absolute Gasteiger partial charge is 0.424 e. The lowest BCUT2D eigenvalue weighted by Gasteiger charge is -2.05. The average Bonchev–Trinajstić information content (AvgIpc) is 2.51. The molecule has 0 unspecified atom stereocenters. The van der Waals surface area contributed by atoms with Gasteiger partial charge in [0.2, 0.25) is 0 Å². The van der Waals surface area contributed by atoms with Gasteiger partial charge in [-0.05, 0) is 36.8 Å². The highest BCUT2D eigenvalue weighted by molar-refractivity contribution is 5.61. The van der Waals surface area contributed by atoms with Crippen molar-refractivity contribution in [3.8, 4) is 22.9 Å². The van der Waals surface area contributed by atoms with E-state index in [-0.39, 0.29) is 11.8 Å². The van der Waals surface area contributed by atoms with Crippen LogP contribution >= 0.6 is 0 Å². The van der Waals surface area contributed by atoms with Crippen LogP contribution in [0, 0.1) is 12.7 Å². The Morgan fingerprint density at radius 3 is 2.05 bits per heavy atom. The quantitative estimate of drug-likeness (QED) is 0.714. The Bertz CT molecular complexity index is 722. The molecule has 0 amide bonds. The summed E-state index contributed by atoms with van der Waals surface area (Å²) in [7, 11) is 0. The minimum absolute atomic E-state index is 0.265. The third kappa shape index (κ3) is 3.23. The van der Waals surface area contributed by atoms with E-state index >= 15 is 0 Å². The highest BCUT2D eigenvalue weighted by atomic mass is 19.1. The molecular formula is C17H13FN2O. The molecule has 4 heteroatoms. The molecule has 3 aromatic rings. The van der Waals surface area contributed by atoms with Crippen LogP contribution < -0.4 is 4.74 Å². The first-order chi connectivity index (χ1) is 10.2. The summed E-state index contributed by atoms with van der Waals surface area (Å²) in [5.41, 5.74) is 2.83. The third-order valence-corrected chi connectivity index (χ3v) is 3.04. The van der Waals surface area contributed by atoms with E-state index in [4.69, 9.17) is 4.74 Å². The topological polar surface area (TPSA) is 35.0 Å². The van der Waals surface area contributed by atoms with Gasteiger partial charge in [0.05, 0.1) is 0 Å². The van der Waals surface area contributed by atoms with Gasteiger partial charge in [-0.15, -0.1) is 0 Å². The fourth-order valence-electron chi connectivity index (χ4n) is 1.87. The van der Waals surface area contributed by atoms with Gasteiger partial charge in [0.25, 0.3) is 0 Å². The molecule has 0 radical (unpaired) electrons. The molecule has 3 nitrogen and oxygen atoms in total. The average molecular weight is 280 g/mol. The van der Waals surface area contributed by atoms with Crippen molar-refractivity contribution in [1.29, 1.82) is 0 Å². The summed E-state index contributed by atoms with van der Waals surface area (Å²) in [6, 6.07) is 14.1. The normalized spacial score (nSPS) is 10.4. The number of hydrogen-bond acceptors (Lipinski definition) is 3. The lowest BCUT2D eigenvalue weighted by molar-refractivity contribution is 0.442. The van der Waals surface area contributed by atoms with Crippen LogP contribution in [-0.2, 0) is 0 Å². The number of benzene rings is 2. The Hall–Kier alpha value is -2.75. The standard InChI is InChI=1S/C17H13FN2O/c1-12-2-8-16(9-3-12)21-17-19-10-14(11-20-17)13-4-6-15(18)7-5-13/h2-11H,1H3. The van der Waals surface area contributed by atoms with Crippen LogP contribution in [0.5, 0.6) is 11.8 Å². The zero-order chi connectivity index (χ0) is 14.7. The summed E-state index contributed by atoms with van der Waals surface area (Å²) in [5, 5.41) is 0. The number of aromatic nitrogens is 2. The van der Waals surface area contributed by atoms with Crippen molar-refractivity contribution in [2.45, 2.75) is 6.92 Å². The first-order valence-corrected chi connectivity index (χ1v) is 6.53. The van der Waals surface area contributed by atoms with E-state index in [0.29, 0.717) is 5.75 Å². The van der Waals surface area contributed by atoms with E-state index in [9.17, 15) is 4.39 Å². The molecule has 0 N–H and O–H groups in total. The van der Waals surface area contributed by atoms with E-state index in [1.165, 1.54) is 12.1 Å². The van der Waals surface area contributed by atoms with Crippen LogP contribution in [0.25, 0.3) is 11.1 Å². The van der Waals surface area contributed by atoms with Gasteiger partial charge in [-0.1, -0.05) is 29.8 Å². The van der Waals surface area contributed by atoms with Gasteiger partial charge in [-0.2, -0.15) is 0 Å². The molecule has 0 aliphatic carbocycles. The van der Waals surface area contributed by atoms with Gasteiger partial charge in [-0.25, -0.2) is 14.4 Å². The van der Waals surface area contributed by atoms with Gasteiger partial charge in [-0.3, -0.25) is 0 Å². The van der Waals surface area contributed by atoms with E-state index in [1.807, 2.05) is 31.2 Å². The summed E-state index contributed by atoms with van der Waals surface area (Å²) in [6.07, 6.45) is 3.31. The number of halogens is 1. The van der Waals surface area contributed by atoms with Crippen molar-refractivity contribution in [3.63, 3.8) is 0 Å². The second kappa shape index (κ2) is 5.71. The summed E-state index contributed by atoms with van der Waals surface area (Å²) >= 11 is 0. The number of nitrogens with zero attached hydrogens (tertiary/aromatic N) is 2. The van der Waals surface area contributed by atoms with Gasteiger partial charge in [0.1, 0.15) is 11.6 Å². The van der Waals surface area contributed by atoms with E-state index in [2.05, 4.69) is 9.97 Å². The molecule has 1 aromatic heterocycles. The lowest BCUT2D eigenvalue weighted by Crippen LogP contribution is -1.92. The van der Waals surface area contributed by atoms with Crippen molar-refractivity contribution < 1.29 is 9.13 Å². The first-order valence-electron chi connectivity index (χ1n) is 6.53. The summed E-state index contributed by atoms with van der Waals surface area (Å²) in [4.78, 5) is 8.34. The predicted molar refractivity (Wildman–Crippen MR) is 78.7 cm³/mol. The predicted octanol–water partition coefficient (Wildman–Crippen LogP) is 4.38. The number of rotatable bonds is 3. The molecule has 1 heterocycles. The van der Waals surface area contributed by atoms with Crippen molar-refractivity contribution in [1.82, 2.24) is 9.97 Å². The minimum atomic E-state index is -0.265. The Morgan fingerprint density at radius 2 is 1.43 bits per heavy atom. The number of ether oxygens (including phenoxy) is 1. The van der Waals surface area contributed by atoms with Crippen LogP contribution in [0.3, 0.4) is 0 Å². The molecule has 0 bridgehead atoms. The first kappa shape index (κ1) is 13.2. The Kier molecular flexibility index (Phi) is 3.60. The number of hydrogen-bond donors (Lipinski definition) is 0. The summed E-state index contributed by atoms with van der Waals surface area (Å²) in [6.45, 7) is 2.01. The fourth-order valence-corrected chi connectivity index (χ4v) is 1.87. The van der Waals surface area contributed by atoms with E-state index < -0.39 is 0 Å². The highest BCUT2D eigenvalue weighted by Gasteiger charge is 2.03. The molecule has 3 rings (SSSR count). The molecular weight excluding hydrogens is 267 g/mol. The maximum Gasteiger partial charge on any atom is 0.321 e. The summed E-state index contributed by atoms with van der Waals surface area (Å²) < 4.78 is 18.4. The van der Waals surface area contributed by atoms with Crippen molar-refractivity contribution in [2.24, 2.45) is 0 Å². The van der Waals surface area contributed by atoms with Crippen LogP contribution in [0.4, 0.5) is 4.39 Å². The zero-order valence-electron chi connectivity index (χ0n) is 11.5. The molecule has 0 saturated heterocycles. The zero-order valence-corrected chi connectivity index (χ0v) is 11.5. The molecule has 0 saturated carbocycles. The SMILES string of the molecule is Cc1ccc(Oc2ncc(-c3ccc(F)cc3)cn2)cc1. The van der Waals surface area contributed by atoms with Gasteiger partial charge in [0, 0.05) is 18.0 Å². The third-order valence-electron chi connectivity index (χ3n) is 3.04. The molecule has 0 aliphatic heterocycles. The van der Waals surface area contributed by atoms with E-state index in [1.54, 1.807) is 24.5 Å². The molecule has 0 aliphatic rings. The second-order valence-corrected chi connectivity index (χ2v) is 4.68. The fraction of sp³-hybridized carbons (Fsp3) is 0.0588. The van der Waals surface area contributed by atoms with Crippen molar-refractivity contribution >= 4 is 0 Å². The summed E-state index contributed by atoms with van der Waals surface area (Å²) in [5.74, 6) is 0.425. The van der Waals surface area contributed by atoms with Crippen LogP contribution in [-0.4, -0.2) is 9.97 Å². The molecule has 0 fully saturated rings. The Morgan fingerprint density at radius 1 is 0.810 bits per heavy atom. The van der Waals surface area contributed by atoms with Crippen molar-refractivity contribution in [2.75, 3.05) is 0 Å². The van der Waals surface area contributed by atoms with Crippen molar-refractivity contribution in [3.05, 3.63) is 72.3 Å². The monoisotopic (exact) mass is 280 g/mol. The Labute approximate surface area is 122 Å². The smallest absolute Gasteiger partial charge is 0.321 e. The van der Waals surface area contributed by atoms with Gasteiger partial charge in [0.15, 0.2) is 0 Å². The Balaban J connectivity index is 1.77. The van der Waals surface area contributed by atoms with Crippen LogP contribution in [0.2, 0.25) is 0 Å². The minimum Gasteiger partial charge on any atom is -0.424 e. The lowest BCUT2D eigenvalue weighted by atomic mass is 10.1. The molecule has 104 valence electrons. The maximum absolute atomic E-state index is 12.9. The molecule has 21 heavy (non-hydrogen) atoms. The molecule has 0 atom stereocenters. The van der Waals surface area contributed by atoms with E-state index in [0.717, 1.165) is 16.7 Å². The number of aryl methyl sites for hydroxylation is 1. The molecule has 0 spiro atoms. The van der Waals surface area contributed by atoms with Crippen LogP contribution in [0.15, 0.2) is 60.9 Å². The maximum atomic E-state index is 12.9. The van der Waals surface area contributed by atoms with Gasteiger partial charge < -0.3 is 4.74 Å². The van der Waals surface area contributed by atoms with Gasteiger partial charge >= 0.3 is 6.01 Å².